The molecule has 2 fully saturated rings. The van der Waals surface area contributed by atoms with Gasteiger partial charge in [-0.1, -0.05) is 18.2 Å². The van der Waals surface area contributed by atoms with E-state index in [0.29, 0.717) is 23.6 Å². The summed E-state index contributed by atoms with van der Waals surface area (Å²) in [6.07, 6.45) is 4.25. The van der Waals surface area contributed by atoms with Crippen LogP contribution in [0.3, 0.4) is 0 Å². The van der Waals surface area contributed by atoms with Gasteiger partial charge in [0, 0.05) is 12.6 Å². The van der Waals surface area contributed by atoms with Crippen LogP contribution in [0.5, 0.6) is 0 Å². The third-order valence-corrected chi connectivity index (χ3v) is 5.76. The van der Waals surface area contributed by atoms with E-state index in [-0.39, 0.29) is 11.8 Å². The minimum Gasteiger partial charge on any atom is -0.212 e. The molecule has 5 heteroatoms. The lowest BCUT2D eigenvalue weighted by molar-refractivity contribution is 0.388. The van der Waals surface area contributed by atoms with E-state index in [1.165, 1.54) is 0 Å². The average Bonchev–Trinajstić information content (AvgIpc) is 3.28. The summed E-state index contributed by atoms with van der Waals surface area (Å²) < 4.78 is 27.0. The molecule has 2 aliphatic carbocycles. The first-order chi connectivity index (χ1) is 9.60. The highest BCUT2D eigenvalue weighted by Crippen LogP contribution is 2.37. The van der Waals surface area contributed by atoms with Gasteiger partial charge < -0.3 is 0 Å². The molecular formula is C15H18N2O2S. The molecule has 1 aromatic rings. The van der Waals surface area contributed by atoms with Crippen LogP contribution < -0.4 is 0 Å². The summed E-state index contributed by atoms with van der Waals surface area (Å²) in [5.41, 5.74) is 1.06. The van der Waals surface area contributed by atoms with Gasteiger partial charge in [0.05, 0.1) is 17.4 Å². The van der Waals surface area contributed by atoms with E-state index in [1.807, 2.05) is 0 Å². The minimum absolute atomic E-state index is 0.0556. The Kier molecular flexibility index (Phi) is 3.53. The molecule has 0 aromatic heterocycles. The molecule has 0 atom stereocenters. The van der Waals surface area contributed by atoms with Crippen LogP contribution in [-0.2, 0) is 15.8 Å². The van der Waals surface area contributed by atoms with Gasteiger partial charge in [-0.25, -0.2) is 8.42 Å². The Hall–Kier alpha value is -1.38. The van der Waals surface area contributed by atoms with E-state index in [4.69, 9.17) is 5.26 Å². The summed E-state index contributed by atoms with van der Waals surface area (Å²) in [7, 11) is -3.32. The molecule has 0 amide bonds. The first-order valence-corrected chi connectivity index (χ1v) is 8.68. The van der Waals surface area contributed by atoms with Crippen molar-refractivity contribution in [2.45, 2.75) is 37.5 Å². The summed E-state index contributed by atoms with van der Waals surface area (Å²) in [5.74, 6) is 0.497. The van der Waals surface area contributed by atoms with Crippen molar-refractivity contribution in [3.8, 4) is 6.07 Å². The van der Waals surface area contributed by atoms with Crippen molar-refractivity contribution in [1.82, 2.24) is 4.31 Å². The maximum Gasteiger partial charge on any atom is 0.218 e. The van der Waals surface area contributed by atoms with Crippen molar-refractivity contribution < 1.29 is 8.42 Å². The smallest absolute Gasteiger partial charge is 0.212 e. The molecule has 0 heterocycles. The lowest BCUT2D eigenvalue weighted by Crippen LogP contribution is -2.36. The van der Waals surface area contributed by atoms with Crippen molar-refractivity contribution in [1.29, 1.82) is 5.26 Å². The fourth-order valence-corrected chi connectivity index (χ4v) is 4.36. The van der Waals surface area contributed by atoms with E-state index < -0.39 is 10.0 Å². The van der Waals surface area contributed by atoms with Crippen LogP contribution in [0, 0.1) is 17.2 Å². The highest BCUT2D eigenvalue weighted by atomic mass is 32.2. The normalized spacial score (nSPS) is 19.0. The first-order valence-electron chi connectivity index (χ1n) is 7.07. The van der Waals surface area contributed by atoms with E-state index >= 15 is 0 Å². The van der Waals surface area contributed by atoms with Crippen LogP contribution in [0.1, 0.15) is 36.8 Å². The number of hydrogen-bond donors (Lipinski definition) is 0. The third kappa shape index (κ3) is 3.02. The van der Waals surface area contributed by atoms with Crippen LogP contribution in [0.25, 0.3) is 0 Å². The molecule has 0 aliphatic heterocycles. The van der Waals surface area contributed by atoms with Gasteiger partial charge in [-0.05, 0) is 43.2 Å². The molecule has 4 nitrogen and oxygen atoms in total. The first kappa shape index (κ1) is 13.6. The molecule has 1 aromatic carbocycles. The second-order valence-electron chi connectivity index (χ2n) is 5.77. The molecule has 0 N–H and O–H groups in total. The Balaban J connectivity index is 1.81. The van der Waals surface area contributed by atoms with Crippen LogP contribution in [0.15, 0.2) is 24.3 Å². The fraction of sp³-hybridized carbons (Fsp3) is 0.533. The average molecular weight is 290 g/mol. The quantitative estimate of drug-likeness (QED) is 0.807. The van der Waals surface area contributed by atoms with Gasteiger partial charge in [-0.3, -0.25) is 0 Å². The number of nitriles is 1. The predicted molar refractivity (Wildman–Crippen MR) is 76.2 cm³/mol. The molecule has 0 spiro atoms. The maximum absolute atomic E-state index is 12.6. The molecule has 0 unspecified atom stereocenters. The van der Waals surface area contributed by atoms with E-state index in [1.54, 1.807) is 28.6 Å². The highest BCUT2D eigenvalue weighted by Gasteiger charge is 2.40. The van der Waals surface area contributed by atoms with Crippen molar-refractivity contribution >= 4 is 10.0 Å². The summed E-state index contributed by atoms with van der Waals surface area (Å²) in [5, 5.41) is 9.07. The van der Waals surface area contributed by atoms with Gasteiger partial charge >= 0.3 is 0 Å². The topological polar surface area (TPSA) is 61.2 Å². The third-order valence-electron chi connectivity index (χ3n) is 3.92. The Morgan fingerprint density at radius 1 is 1.20 bits per heavy atom. The van der Waals surface area contributed by atoms with Gasteiger partial charge in [0.15, 0.2) is 0 Å². The van der Waals surface area contributed by atoms with Gasteiger partial charge in [0.25, 0.3) is 0 Å². The van der Waals surface area contributed by atoms with Crippen LogP contribution >= 0.6 is 0 Å². The highest BCUT2D eigenvalue weighted by molar-refractivity contribution is 7.88. The van der Waals surface area contributed by atoms with E-state index in [2.05, 4.69) is 6.07 Å². The summed E-state index contributed by atoms with van der Waals surface area (Å²) in [4.78, 5) is 0. The number of rotatable bonds is 6. The van der Waals surface area contributed by atoms with Crippen molar-refractivity contribution in [2.75, 3.05) is 6.54 Å². The molecule has 2 saturated carbocycles. The van der Waals surface area contributed by atoms with Crippen molar-refractivity contribution in [2.24, 2.45) is 5.92 Å². The molecule has 20 heavy (non-hydrogen) atoms. The van der Waals surface area contributed by atoms with Gasteiger partial charge in [0.2, 0.25) is 10.0 Å². The van der Waals surface area contributed by atoms with Crippen molar-refractivity contribution in [3.63, 3.8) is 0 Å². The van der Waals surface area contributed by atoms with Crippen LogP contribution in [0.2, 0.25) is 0 Å². The monoisotopic (exact) mass is 290 g/mol. The molecule has 3 rings (SSSR count). The summed E-state index contributed by atoms with van der Waals surface area (Å²) in [6.45, 7) is 0.668. The molecule has 106 valence electrons. The van der Waals surface area contributed by atoms with Gasteiger partial charge in [-0.15, -0.1) is 0 Å². The number of sulfonamides is 1. The van der Waals surface area contributed by atoms with Crippen LogP contribution in [0.4, 0.5) is 0 Å². The van der Waals surface area contributed by atoms with Gasteiger partial charge in [-0.2, -0.15) is 9.57 Å². The van der Waals surface area contributed by atoms with E-state index in [0.717, 1.165) is 25.7 Å². The molecule has 0 saturated heterocycles. The largest absolute Gasteiger partial charge is 0.218 e. The molecule has 2 aliphatic rings. The Morgan fingerprint density at radius 3 is 2.50 bits per heavy atom. The lowest BCUT2D eigenvalue weighted by Gasteiger charge is -2.22. The molecule has 0 radical (unpaired) electrons. The number of benzene rings is 1. The SMILES string of the molecule is N#Cc1ccccc1CS(=O)(=O)N(CC1CC1)C1CC1. The van der Waals surface area contributed by atoms with E-state index in [9.17, 15) is 8.42 Å². The summed E-state index contributed by atoms with van der Waals surface area (Å²) >= 11 is 0. The fourth-order valence-electron chi connectivity index (χ4n) is 2.44. The zero-order valence-electron chi connectivity index (χ0n) is 11.3. The zero-order valence-corrected chi connectivity index (χ0v) is 12.1. The second kappa shape index (κ2) is 5.19. The number of nitrogens with zero attached hydrogens (tertiary/aromatic N) is 2. The standard InChI is InChI=1S/C15H18N2O2S/c16-9-13-3-1-2-4-14(13)11-20(18,19)17(15-7-8-15)10-12-5-6-12/h1-4,12,15H,5-8,10-11H2. The predicted octanol–water partition coefficient (Wildman–Crippen LogP) is 2.26. The number of hydrogen-bond acceptors (Lipinski definition) is 3. The lowest BCUT2D eigenvalue weighted by atomic mass is 10.1. The van der Waals surface area contributed by atoms with Crippen LogP contribution in [-0.4, -0.2) is 25.3 Å². The Labute approximate surface area is 120 Å². The Bertz CT molecular complexity index is 640. The zero-order chi connectivity index (χ0) is 14.2. The Morgan fingerprint density at radius 2 is 1.90 bits per heavy atom. The second-order valence-corrected chi connectivity index (χ2v) is 7.69. The summed E-state index contributed by atoms with van der Waals surface area (Å²) in [6, 6.07) is 9.23. The maximum atomic E-state index is 12.6. The minimum atomic E-state index is -3.32. The molecule has 0 bridgehead atoms. The van der Waals surface area contributed by atoms with Gasteiger partial charge in [0.1, 0.15) is 0 Å². The molecular weight excluding hydrogens is 272 g/mol. The van der Waals surface area contributed by atoms with Crippen molar-refractivity contribution in [3.05, 3.63) is 35.4 Å².